The smallest absolute Gasteiger partial charge is 0.0998 e. The molecule has 2 aromatic heterocycles. The van der Waals surface area contributed by atoms with Gasteiger partial charge in [0, 0.05) is 38.7 Å². The normalized spacial score (nSPS) is 12.3. The van der Waals surface area contributed by atoms with Crippen molar-refractivity contribution >= 4 is 38.8 Å². The number of aryl methyl sites for hydroxylation is 1. The summed E-state index contributed by atoms with van der Waals surface area (Å²) in [5, 5.41) is 23.6. The molecule has 0 aliphatic heterocycles. The van der Waals surface area contributed by atoms with Gasteiger partial charge in [0.05, 0.1) is 45.5 Å². The Balaban J connectivity index is 1.29. The number of nitrogens with zero attached hydrogens (tertiary/aromatic N) is 4. The lowest BCUT2D eigenvalue weighted by molar-refractivity contribution is 0.968. The van der Waals surface area contributed by atoms with Gasteiger partial charge in [0.25, 0.3) is 0 Å². The first-order valence-corrected chi connectivity index (χ1v) is 16.2. The number of nitriles is 2. The molecule has 0 unspecified atom stereocenters. The summed E-state index contributed by atoms with van der Waals surface area (Å²) in [6.45, 7) is 0. The monoisotopic (exact) mass is 612 g/mol. The third kappa shape index (κ3) is 4.14. The van der Waals surface area contributed by atoms with Gasteiger partial charge in [-0.1, -0.05) is 84.9 Å². The Kier molecular flexibility index (Phi) is 6.35. The highest BCUT2D eigenvalue weighted by Gasteiger charge is 2.21. The molecule has 0 atom stereocenters. The summed E-state index contributed by atoms with van der Waals surface area (Å²) >= 11 is 0. The molecule has 48 heavy (non-hydrogen) atoms. The molecule has 0 spiro atoms. The predicted molar refractivity (Wildman–Crippen MR) is 195 cm³/mol. The van der Waals surface area contributed by atoms with Crippen LogP contribution < -0.4 is 0 Å². The fourth-order valence-electron chi connectivity index (χ4n) is 7.65. The van der Waals surface area contributed by atoms with Crippen LogP contribution in [-0.4, -0.2) is 9.13 Å². The summed E-state index contributed by atoms with van der Waals surface area (Å²) in [4.78, 5) is 0. The maximum Gasteiger partial charge on any atom is 0.0998 e. The van der Waals surface area contributed by atoms with E-state index in [1.54, 1.807) is 0 Å². The Hall–Kier alpha value is -6.62. The van der Waals surface area contributed by atoms with Crippen LogP contribution in [0, 0.1) is 22.7 Å². The molecule has 0 amide bonds. The molecule has 0 saturated carbocycles. The van der Waals surface area contributed by atoms with E-state index in [9.17, 15) is 10.5 Å². The number of fused-ring (bicyclic) bond motifs is 6. The van der Waals surface area contributed by atoms with Crippen molar-refractivity contribution in [3.8, 4) is 45.8 Å². The van der Waals surface area contributed by atoms with Crippen LogP contribution in [0.25, 0.3) is 72.4 Å². The fourth-order valence-corrected chi connectivity index (χ4v) is 7.65. The average Bonchev–Trinajstić information content (AvgIpc) is 3.67. The lowest BCUT2D eigenvalue weighted by atomic mass is 9.89. The second-order valence-corrected chi connectivity index (χ2v) is 12.3. The third-order valence-corrected chi connectivity index (χ3v) is 9.67. The lowest BCUT2D eigenvalue weighted by Gasteiger charge is -2.19. The second kappa shape index (κ2) is 11.0. The van der Waals surface area contributed by atoms with Crippen LogP contribution in [0.3, 0.4) is 0 Å². The van der Waals surface area contributed by atoms with Crippen LogP contribution in [0.2, 0.25) is 0 Å². The standard InChI is InChI=1S/C44H28N4/c45-27-29-23-24-43-38(25-29)36-17-4-8-22-42(36)48(43)41-21-7-3-16-35(41)37-18-10-12-31(28-46)44(37)30-11-9-13-32(26-30)47-39-19-5-1-14-33(39)34-15-2-6-20-40(34)47/h1,3-14,16-26H,2,15H2. The average molecular weight is 613 g/mol. The number of aromatic nitrogens is 2. The first-order chi connectivity index (χ1) is 23.7. The van der Waals surface area contributed by atoms with Gasteiger partial charge in [-0.05, 0) is 90.2 Å². The van der Waals surface area contributed by atoms with Crippen molar-refractivity contribution in [2.45, 2.75) is 12.8 Å². The quantitative estimate of drug-likeness (QED) is 0.199. The lowest BCUT2D eigenvalue weighted by Crippen LogP contribution is -2.01. The molecule has 4 heteroatoms. The fraction of sp³-hybridized carbons (Fsp3) is 0.0455. The molecule has 4 nitrogen and oxygen atoms in total. The number of benzene rings is 6. The second-order valence-electron chi connectivity index (χ2n) is 12.3. The van der Waals surface area contributed by atoms with Crippen LogP contribution >= 0.6 is 0 Å². The number of para-hydroxylation sites is 3. The number of hydrogen-bond acceptors (Lipinski definition) is 2. The van der Waals surface area contributed by atoms with E-state index in [-0.39, 0.29) is 0 Å². The molecule has 9 rings (SSSR count). The Morgan fingerprint density at radius 2 is 1.29 bits per heavy atom. The summed E-state index contributed by atoms with van der Waals surface area (Å²) in [7, 11) is 0. The maximum atomic E-state index is 10.5. The highest BCUT2D eigenvalue weighted by molar-refractivity contribution is 6.10. The van der Waals surface area contributed by atoms with E-state index in [4.69, 9.17) is 0 Å². The number of hydrogen-bond donors (Lipinski definition) is 0. The van der Waals surface area contributed by atoms with Gasteiger partial charge in [0.2, 0.25) is 0 Å². The minimum absolute atomic E-state index is 0.625. The third-order valence-electron chi connectivity index (χ3n) is 9.67. The van der Waals surface area contributed by atoms with E-state index >= 15 is 0 Å². The van der Waals surface area contributed by atoms with Gasteiger partial charge in [-0.25, -0.2) is 0 Å². The predicted octanol–water partition coefficient (Wildman–Crippen LogP) is 10.8. The van der Waals surface area contributed by atoms with Crippen LogP contribution in [-0.2, 0) is 6.42 Å². The van der Waals surface area contributed by atoms with E-state index in [0.717, 1.165) is 68.3 Å². The zero-order valence-corrected chi connectivity index (χ0v) is 26.1. The minimum Gasteiger partial charge on any atom is -0.310 e. The summed E-state index contributed by atoms with van der Waals surface area (Å²) in [5.74, 6) is 0. The zero-order valence-electron chi connectivity index (χ0n) is 26.1. The molecule has 224 valence electrons. The molecule has 0 saturated heterocycles. The maximum absolute atomic E-state index is 10.5. The summed E-state index contributed by atoms with van der Waals surface area (Å²) < 4.78 is 4.64. The highest BCUT2D eigenvalue weighted by Crippen LogP contribution is 2.42. The van der Waals surface area contributed by atoms with E-state index in [1.807, 2.05) is 36.4 Å². The van der Waals surface area contributed by atoms with E-state index in [2.05, 4.69) is 130 Å². The molecule has 6 aromatic carbocycles. The van der Waals surface area contributed by atoms with E-state index in [0.29, 0.717) is 11.1 Å². The number of rotatable bonds is 4. The van der Waals surface area contributed by atoms with E-state index in [1.165, 1.54) is 22.2 Å². The van der Waals surface area contributed by atoms with Crippen molar-refractivity contribution in [2.24, 2.45) is 0 Å². The van der Waals surface area contributed by atoms with Gasteiger partial charge in [-0.15, -0.1) is 0 Å². The molecule has 8 aromatic rings. The molecule has 0 bridgehead atoms. The van der Waals surface area contributed by atoms with Gasteiger partial charge in [-0.2, -0.15) is 10.5 Å². The van der Waals surface area contributed by atoms with Crippen molar-refractivity contribution in [1.82, 2.24) is 9.13 Å². The van der Waals surface area contributed by atoms with Crippen molar-refractivity contribution in [3.05, 3.63) is 162 Å². The van der Waals surface area contributed by atoms with Crippen molar-refractivity contribution in [1.29, 1.82) is 10.5 Å². The largest absolute Gasteiger partial charge is 0.310 e. The first kappa shape index (κ1) is 27.7. The van der Waals surface area contributed by atoms with Gasteiger partial charge in [0.1, 0.15) is 0 Å². The first-order valence-electron chi connectivity index (χ1n) is 16.2. The molecule has 1 aliphatic carbocycles. The van der Waals surface area contributed by atoms with Crippen molar-refractivity contribution < 1.29 is 0 Å². The number of allylic oxidation sites excluding steroid dienone is 1. The van der Waals surface area contributed by atoms with Gasteiger partial charge in [0.15, 0.2) is 0 Å². The molecule has 2 heterocycles. The van der Waals surface area contributed by atoms with Gasteiger partial charge < -0.3 is 9.13 Å². The molecule has 0 fully saturated rings. The molecular formula is C44H28N4. The van der Waals surface area contributed by atoms with Crippen molar-refractivity contribution in [2.75, 3.05) is 0 Å². The summed E-state index contributed by atoms with van der Waals surface area (Å²) in [6, 6.07) is 50.7. The Labute approximate surface area is 278 Å². The zero-order chi connectivity index (χ0) is 32.2. The summed E-state index contributed by atoms with van der Waals surface area (Å²) in [6.07, 6.45) is 6.59. The van der Waals surface area contributed by atoms with Gasteiger partial charge >= 0.3 is 0 Å². The van der Waals surface area contributed by atoms with Crippen LogP contribution in [0.5, 0.6) is 0 Å². The van der Waals surface area contributed by atoms with Gasteiger partial charge in [-0.3, -0.25) is 0 Å². The minimum atomic E-state index is 0.625. The van der Waals surface area contributed by atoms with Crippen molar-refractivity contribution in [3.63, 3.8) is 0 Å². The molecule has 0 N–H and O–H groups in total. The topological polar surface area (TPSA) is 57.4 Å². The Morgan fingerprint density at radius 1 is 0.562 bits per heavy atom. The molecule has 0 radical (unpaired) electrons. The Bertz CT molecular complexity index is 2700. The Morgan fingerprint density at radius 3 is 2.15 bits per heavy atom. The molecule has 1 aliphatic rings. The van der Waals surface area contributed by atoms with Crippen LogP contribution in [0.1, 0.15) is 28.8 Å². The van der Waals surface area contributed by atoms with E-state index < -0.39 is 0 Å². The SMILES string of the molecule is N#Cc1ccc2c(c1)c1ccccc1n2-c1ccccc1-c1cccc(C#N)c1-c1cccc(-n2c3c(c4ccccc42)CCC=C3)c1. The highest BCUT2D eigenvalue weighted by atomic mass is 15.0. The van der Waals surface area contributed by atoms with Crippen LogP contribution in [0.4, 0.5) is 0 Å². The summed E-state index contributed by atoms with van der Waals surface area (Å²) in [5.41, 5.74) is 13.1. The molecular weight excluding hydrogens is 585 g/mol. The van der Waals surface area contributed by atoms with Crippen LogP contribution in [0.15, 0.2) is 140 Å².